The zero-order valence-electron chi connectivity index (χ0n) is 33.7. The Morgan fingerprint density at radius 2 is 0.830 bits per heavy atom. The van der Waals surface area contributed by atoms with Crippen molar-refractivity contribution in [2.45, 2.75) is 92.4 Å². The van der Waals surface area contributed by atoms with E-state index >= 15 is 0 Å². The Kier molecular flexibility index (Phi) is 16.7. The molecule has 0 atom stereocenters. The third-order valence-corrected chi connectivity index (χ3v) is 16.2. The number of aliphatic imine (C=N–C) groups is 2. The molecule has 13 heteroatoms. The van der Waals surface area contributed by atoms with Crippen molar-refractivity contribution in [1.29, 1.82) is 0 Å². The average molecular weight is 832 g/mol. The largest absolute Gasteiger partial charge is 2.00 e. The van der Waals surface area contributed by atoms with Crippen LogP contribution in [0.3, 0.4) is 0 Å². The van der Waals surface area contributed by atoms with E-state index in [-0.39, 0.29) is 16.8 Å². The minimum atomic E-state index is -1.80. The van der Waals surface area contributed by atoms with Gasteiger partial charge in [0.15, 0.2) is 0 Å². The molecule has 0 aliphatic rings. The molecule has 0 heterocycles. The predicted molar refractivity (Wildman–Crippen MR) is 228 cm³/mol. The monoisotopic (exact) mass is 831 g/mol. The van der Waals surface area contributed by atoms with Crippen molar-refractivity contribution >= 4 is 99.6 Å². The van der Waals surface area contributed by atoms with Crippen LogP contribution in [0.5, 0.6) is 11.5 Å². The van der Waals surface area contributed by atoms with Crippen LogP contribution in [0, 0.1) is 0 Å². The van der Waals surface area contributed by atoms with Crippen LogP contribution < -0.4 is 31.0 Å². The first-order valence-electron chi connectivity index (χ1n) is 17.3. The van der Waals surface area contributed by atoms with Gasteiger partial charge in [-0.2, -0.15) is 0 Å². The van der Waals surface area contributed by atoms with Crippen molar-refractivity contribution in [3.05, 3.63) is 71.8 Å². The molecule has 4 aromatic carbocycles. The molecule has 1 radical (unpaired) electrons. The molecule has 53 heavy (non-hydrogen) atoms. The second-order valence-electron chi connectivity index (χ2n) is 17.1. The average Bonchev–Trinajstić information content (AvgIpc) is 2.97. The summed E-state index contributed by atoms with van der Waals surface area (Å²) in [5.74, 6) is -1.49. The van der Waals surface area contributed by atoms with Gasteiger partial charge in [0, 0.05) is 35.5 Å². The number of phenols is 2. The van der Waals surface area contributed by atoms with Gasteiger partial charge in [0.2, 0.25) is 0 Å². The van der Waals surface area contributed by atoms with Crippen LogP contribution in [-0.2, 0) is 26.4 Å². The van der Waals surface area contributed by atoms with E-state index in [1.807, 2.05) is 12.1 Å². The molecule has 287 valence electrons. The topological polar surface area (TPSA) is 145 Å². The summed E-state index contributed by atoms with van der Waals surface area (Å²) in [6, 6.07) is 21.1. The SMILES string of the molecule is CC(=O)[O-].CC(=O)[O-].C[Si](C)(C)c1cc(C=Nc2cc3ccccc3cc2N=Cc2cc([Si](C)(C)C)cc([Si](C)(C)C)c2O)c(O)c([Si](C)(C)C)c1.[Co+2]. The number of rotatable bonds is 8. The maximum Gasteiger partial charge on any atom is 2.00 e. The number of benzene rings is 4. The Labute approximate surface area is 330 Å². The van der Waals surface area contributed by atoms with Gasteiger partial charge in [-0.15, -0.1) is 0 Å². The van der Waals surface area contributed by atoms with Crippen LogP contribution >= 0.6 is 0 Å². The van der Waals surface area contributed by atoms with Gasteiger partial charge in [-0.05, 0) is 47.1 Å². The van der Waals surface area contributed by atoms with Crippen LogP contribution in [0.4, 0.5) is 11.4 Å². The second-order valence-corrected chi connectivity index (χ2v) is 37.3. The first kappa shape index (κ1) is 47.4. The van der Waals surface area contributed by atoms with E-state index in [4.69, 9.17) is 29.8 Å². The van der Waals surface area contributed by atoms with E-state index in [0.717, 1.165) is 57.5 Å². The third kappa shape index (κ3) is 14.3. The van der Waals surface area contributed by atoms with Gasteiger partial charge in [0.25, 0.3) is 0 Å². The first-order chi connectivity index (χ1) is 23.6. The molecule has 2 N–H and O–H groups in total. The summed E-state index contributed by atoms with van der Waals surface area (Å²) in [6.07, 6.45) is 3.61. The fourth-order valence-electron chi connectivity index (χ4n) is 5.22. The summed E-state index contributed by atoms with van der Waals surface area (Å²) in [5, 5.41) is 47.5. The van der Waals surface area contributed by atoms with Crippen molar-refractivity contribution in [2.75, 3.05) is 0 Å². The molecule has 0 aliphatic carbocycles. The second kappa shape index (κ2) is 18.6. The number of aromatic hydroxyl groups is 2. The molecule has 4 rings (SSSR count). The molecular weight excluding hydrogens is 776 g/mol. The Morgan fingerprint density at radius 1 is 0.547 bits per heavy atom. The maximum atomic E-state index is 11.4. The van der Waals surface area contributed by atoms with E-state index in [0.29, 0.717) is 11.5 Å². The number of fused-ring (bicyclic) bond motifs is 1. The number of hydrogen-bond acceptors (Lipinski definition) is 8. The number of phenolic OH excluding ortho intramolecular Hbond substituents is 2. The Hall–Kier alpha value is -3.61. The van der Waals surface area contributed by atoms with E-state index in [1.165, 1.54) is 10.4 Å². The standard InChI is InChI=1S/C36H50N2O2Si4.2C2H4O2.Co/c1-41(2,3)29-17-27(35(39)33(21-29)43(7,8)9)23-37-31-19-25-15-13-14-16-26(25)20-32(31)38-24-28-18-30(42(4,5)6)22-34(36(28)40)44(10,11)12;2*1-2(3)4;/h13-24,39-40H,1-12H3;2*1H3,(H,3,4);/q;;;+2/p-2. The zero-order valence-corrected chi connectivity index (χ0v) is 38.7. The summed E-state index contributed by atoms with van der Waals surface area (Å²) in [5.41, 5.74) is 2.95. The van der Waals surface area contributed by atoms with Crippen molar-refractivity contribution in [2.24, 2.45) is 9.98 Å². The molecule has 0 saturated heterocycles. The van der Waals surface area contributed by atoms with Gasteiger partial charge in [-0.25, -0.2) is 0 Å². The van der Waals surface area contributed by atoms with E-state index in [9.17, 15) is 10.2 Å². The first-order valence-corrected chi connectivity index (χ1v) is 31.3. The van der Waals surface area contributed by atoms with Crippen molar-refractivity contribution in [3.63, 3.8) is 0 Å². The Balaban J connectivity index is 0.00000142. The molecule has 0 spiro atoms. The molecule has 0 fully saturated rings. The van der Waals surface area contributed by atoms with E-state index < -0.39 is 44.2 Å². The fourth-order valence-corrected chi connectivity index (χ4v) is 10.7. The number of hydrogen-bond donors (Lipinski definition) is 2. The molecule has 8 nitrogen and oxygen atoms in total. The van der Waals surface area contributed by atoms with Crippen LogP contribution in [0.1, 0.15) is 25.0 Å². The maximum absolute atomic E-state index is 11.4. The summed E-state index contributed by atoms with van der Waals surface area (Å²) in [4.78, 5) is 27.7. The quantitative estimate of drug-likeness (QED) is 0.179. The van der Waals surface area contributed by atoms with Crippen molar-refractivity contribution < 1.29 is 46.8 Å². The van der Waals surface area contributed by atoms with E-state index in [2.05, 4.69) is 127 Å². The molecule has 0 aliphatic heterocycles. The molecule has 0 saturated carbocycles. The smallest absolute Gasteiger partial charge is 0.550 e. The number of carboxylic acid groups (broad SMARTS) is 2. The normalized spacial score (nSPS) is 12.1. The van der Waals surface area contributed by atoms with Gasteiger partial charge in [0.1, 0.15) is 11.5 Å². The van der Waals surface area contributed by atoms with Gasteiger partial charge in [-0.1, -0.05) is 137 Å². The van der Waals surface area contributed by atoms with E-state index in [1.54, 1.807) is 12.4 Å². The molecule has 0 aromatic heterocycles. The van der Waals surface area contributed by atoms with Gasteiger partial charge < -0.3 is 30.0 Å². The van der Waals surface area contributed by atoms with Crippen molar-refractivity contribution in [1.82, 2.24) is 0 Å². The summed E-state index contributed by atoms with van der Waals surface area (Å²) >= 11 is 0. The number of aliphatic carboxylic acids is 2. The molecule has 0 amide bonds. The van der Waals surface area contributed by atoms with Crippen LogP contribution in [0.15, 0.2) is 70.6 Å². The number of carbonyl (C=O) groups excluding carboxylic acids is 2. The summed E-state index contributed by atoms with van der Waals surface area (Å²) in [7, 11) is -6.87. The number of carboxylic acids is 2. The van der Waals surface area contributed by atoms with Crippen molar-refractivity contribution in [3.8, 4) is 11.5 Å². The third-order valence-electron chi connectivity index (χ3n) is 8.16. The molecule has 4 aromatic rings. The molecular formula is C40H56CoN2O6Si4. The molecule has 0 bridgehead atoms. The van der Waals surface area contributed by atoms with Crippen LogP contribution in [-0.4, -0.2) is 66.9 Å². The number of nitrogens with zero attached hydrogens (tertiary/aromatic N) is 2. The molecule has 0 unspecified atom stereocenters. The summed E-state index contributed by atoms with van der Waals surface area (Å²) in [6.45, 7) is 29.6. The Morgan fingerprint density at radius 3 is 1.08 bits per heavy atom. The predicted octanol–water partition coefficient (Wildman–Crippen LogP) is 5.44. The summed E-state index contributed by atoms with van der Waals surface area (Å²) < 4.78 is 0. The van der Waals surface area contributed by atoms with Crippen LogP contribution in [0.25, 0.3) is 10.8 Å². The minimum Gasteiger partial charge on any atom is -0.550 e. The van der Waals surface area contributed by atoms with Gasteiger partial charge >= 0.3 is 16.8 Å². The minimum absolute atomic E-state index is 0. The van der Waals surface area contributed by atoms with Crippen LogP contribution in [0.2, 0.25) is 78.6 Å². The zero-order chi connectivity index (χ0) is 40.0. The fraction of sp³-hybridized carbons (Fsp3) is 0.350. The van der Waals surface area contributed by atoms with Gasteiger partial charge in [-0.3, -0.25) is 9.98 Å². The number of carbonyl (C=O) groups is 2. The van der Waals surface area contributed by atoms with Gasteiger partial charge in [0.05, 0.1) is 43.7 Å². The Bertz CT molecular complexity index is 1840.